The molecule has 2 rings (SSSR count). The van der Waals surface area contributed by atoms with Crippen molar-refractivity contribution in [1.29, 1.82) is 0 Å². The summed E-state index contributed by atoms with van der Waals surface area (Å²) in [6, 6.07) is 0.00875. The molecule has 2 fully saturated rings. The second-order valence-corrected chi connectivity index (χ2v) is 8.10. The maximum atomic E-state index is 12.4. The third-order valence-corrected chi connectivity index (χ3v) is 5.96. The second-order valence-electron chi connectivity index (χ2n) is 5.87. The van der Waals surface area contributed by atoms with Gasteiger partial charge >= 0.3 is 0 Å². The number of rotatable bonds is 4. The Morgan fingerprint density at radius 3 is 2.70 bits per heavy atom. The molecule has 116 valence electrons. The lowest BCUT2D eigenvalue weighted by molar-refractivity contribution is -0.134. The van der Waals surface area contributed by atoms with E-state index in [0.29, 0.717) is 19.5 Å². The fourth-order valence-corrected chi connectivity index (χ4v) is 4.91. The van der Waals surface area contributed by atoms with Crippen molar-refractivity contribution in [2.75, 3.05) is 37.7 Å². The molecule has 0 aromatic rings. The van der Waals surface area contributed by atoms with E-state index in [1.165, 1.54) is 0 Å². The van der Waals surface area contributed by atoms with Gasteiger partial charge in [0.15, 0.2) is 9.84 Å². The van der Waals surface area contributed by atoms with Crippen LogP contribution in [0.2, 0.25) is 0 Å². The van der Waals surface area contributed by atoms with Crippen molar-refractivity contribution >= 4 is 15.7 Å². The van der Waals surface area contributed by atoms with Crippen LogP contribution in [0.5, 0.6) is 0 Å². The second kappa shape index (κ2) is 6.41. The van der Waals surface area contributed by atoms with Gasteiger partial charge in [-0.2, -0.15) is 0 Å². The number of hydrogen-bond acceptors (Lipinski definition) is 5. The molecular weight excluding hydrogens is 278 g/mol. The highest BCUT2D eigenvalue weighted by Crippen LogP contribution is 2.18. The van der Waals surface area contributed by atoms with E-state index in [-0.39, 0.29) is 29.5 Å². The summed E-state index contributed by atoms with van der Waals surface area (Å²) in [5.41, 5.74) is 5.92. The van der Waals surface area contributed by atoms with Crippen LogP contribution in [0.1, 0.15) is 26.2 Å². The highest BCUT2D eigenvalue weighted by molar-refractivity contribution is 7.91. The van der Waals surface area contributed by atoms with Crippen LogP contribution in [-0.2, 0) is 14.6 Å². The largest absolute Gasteiger partial charge is 0.338 e. The average molecular weight is 303 g/mol. The highest BCUT2D eigenvalue weighted by atomic mass is 32.2. The van der Waals surface area contributed by atoms with Crippen LogP contribution < -0.4 is 5.73 Å². The zero-order valence-electron chi connectivity index (χ0n) is 12.1. The van der Waals surface area contributed by atoms with E-state index >= 15 is 0 Å². The smallest absolute Gasteiger partial charge is 0.237 e. The van der Waals surface area contributed by atoms with Crippen LogP contribution in [0.25, 0.3) is 0 Å². The summed E-state index contributed by atoms with van der Waals surface area (Å²) in [4.78, 5) is 16.2. The van der Waals surface area contributed by atoms with Crippen LogP contribution in [0.3, 0.4) is 0 Å². The molecular formula is C13H25N3O3S. The number of likely N-dealkylation sites (N-methyl/N-ethyl adjacent to an activating group) is 1. The van der Waals surface area contributed by atoms with Gasteiger partial charge in [-0.25, -0.2) is 8.42 Å². The number of hydrogen-bond donors (Lipinski definition) is 1. The molecule has 0 aromatic heterocycles. The fraction of sp³-hybridized carbons (Fsp3) is 0.923. The van der Waals surface area contributed by atoms with Gasteiger partial charge in [0.05, 0.1) is 18.1 Å². The zero-order chi connectivity index (χ0) is 14.8. The summed E-state index contributed by atoms with van der Waals surface area (Å²) in [5, 5.41) is 0. The fourth-order valence-electron chi connectivity index (χ4n) is 3.18. The van der Waals surface area contributed by atoms with E-state index in [0.717, 1.165) is 25.9 Å². The standard InChI is InChI=1S/C13H25N3O3S/c1-2-16(12-5-7-20(18,19)10-12)13(17)9-15-6-3-4-11(14)8-15/h11-12H,2-10,14H2,1H3. The molecule has 0 aliphatic carbocycles. The minimum atomic E-state index is -2.95. The molecule has 2 aliphatic heterocycles. The molecule has 20 heavy (non-hydrogen) atoms. The predicted octanol–water partition coefficient (Wildman–Crippen LogP) is -0.555. The van der Waals surface area contributed by atoms with Crippen LogP contribution in [0.15, 0.2) is 0 Å². The summed E-state index contributed by atoms with van der Waals surface area (Å²) in [7, 11) is -2.95. The Morgan fingerprint density at radius 2 is 2.15 bits per heavy atom. The van der Waals surface area contributed by atoms with E-state index in [1.807, 2.05) is 6.92 Å². The monoisotopic (exact) mass is 303 g/mol. The third kappa shape index (κ3) is 3.93. The van der Waals surface area contributed by atoms with Gasteiger partial charge in [0, 0.05) is 25.2 Å². The molecule has 7 heteroatoms. The quantitative estimate of drug-likeness (QED) is 0.753. The number of amides is 1. The number of carbonyl (C=O) groups excluding carboxylic acids is 1. The van der Waals surface area contributed by atoms with E-state index in [2.05, 4.69) is 4.90 Å². The lowest BCUT2D eigenvalue weighted by Gasteiger charge is -2.33. The van der Waals surface area contributed by atoms with Gasteiger partial charge in [-0.15, -0.1) is 0 Å². The maximum absolute atomic E-state index is 12.4. The molecule has 0 bridgehead atoms. The van der Waals surface area contributed by atoms with Gasteiger partial charge in [-0.1, -0.05) is 0 Å². The first kappa shape index (κ1) is 15.7. The first-order chi connectivity index (χ1) is 9.41. The number of nitrogens with two attached hydrogens (primary N) is 1. The number of nitrogens with zero attached hydrogens (tertiary/aromatic N) is 2. The molecule has 2 unspecified atom stereocenters. The Labute approximate surface area is 121 Å². The number of likely N-dealkylation sites (tertiary alicyclic amines) is 1. The van der Waals surface area contributed by atoms with Gasteiger partial charge in [0.1, 0.15) is 0 Å². The summed E-state index contributed by atoms with van der Waals surface area (Å²) >= 11 is 0. The summed E-state index contributed by atoms with van der Waals surface area (Å²) in [5.74, 6) is 0.353. The molecule has 0 spiro atoms. The van der Waals surface area contributed by atoms with E-state index < -0.39 is 9.84 Å². The first-order valence-electron chi connectivity index (χ1n) is 7.39. The molecule has 0 aromatic carbocycles. The van der Waals surface area contributed by atoms with E-state index in [4.69, 9.17) is 5.73 Å². The highest BCUT2D eigenvalue weighted by Gasteiger charge is 2.34. The Bertz CT molecular complexity index is 452. The molecule has 0 radical (unpaired) electrons. The molecule has 2 saturated heterocycles. The minimum absolute atomic E-state index is 0.0312. The van der Waals surface area contributed by atoms with Crippen LogP contribution in [0.4, 0.5) is 0 Å². The van der Waals surface area contributed by atoms with Crippen molar-refractivity contribution < 1.29 is 13.2 Å². The Kier molecular flexibility index (Phi) is 5.04. The topological polar surface area (TPSA) is 83.7 Å². The molecule has 0 saturated carbocycles. The lowest BCUT2D eigenvalue weighted by atomic mass is 10.1. The van der Waals surface area contributed by atoms with Gasteiger partial charge in [0.2, 0.25) is 5.91 Å². The van der Waals surface area contributed by atoms with Crippen LogP contribution >= 0.6 is 0 Å². The SMILES string of the molecule is CCN(C(=O)CN1CCCC(N)C1)C1CCS(=O)(=O)C1. The van der Waals surface area contributed by atoms with Crippen LogP contribution in [0, 0.1) is 0 Å². The molecule has 2 heterocycles. The van der Waals surface area contributed by atoms with Crippen molar-refractivity contribution in [2.24, 2.45) is 5.73 Å². The van der Waals surface area contributed by atoms with Crippen molar-refractivity contribution in [3.05, 3.63) is 0 Å². The summed E-state index contributed by atoms with van der Waals surface area (Å²) in [6.45, 7) is 4.49. The zero-order valence-corrected chi connectivity index (χ0v) is 12.9. The predicted molar refractivity (Wildman–Crippen MR) is 78.1 cm³/mol. The number of sulfone groups is 1. The summed E-state index contributed by atoms with van der Waals surface area (Å²) < 4.78 is 23.1. The average Bonchev–Trinajstić information content (AvgIpc) is 2.70. The Hall–Kier alpha value is -0.660. The number of carbonyl (C=O) groups is 1. The lowest BCUT2D eigenvalue weighted by Crippen LogP contribution is -2.50. The molecule has 2 N–H and O–H groups in total. The minimum Gasteiger partial charge on any atom is -0.338 e. The van der Waals surface area contributed by atoms with Gasteiger partial charge in [0.25, 0.3) is 0 Å². The maximum Gasteiger partial charge on any atom is 0.237 e. The van der Waals surface area contributed by atoms with E-state index in [1.54, 1.807) is 4.90 Å². The molecule has 2 aliphatic rings. The first-order valence-corrected chi connectivity index (χ1v) is 9.21. The van der Waals surface area contributed by atoms with Crippen molar-refractivity contribution in [1.82, 2.24) is 9.80 Å². The molecule has 6 nitrogen and oxygen atoms in total. The normalized spacial score (nSPS) is 30.3. The van der Waals surface area contributed by atoms with Crippen molar-refractivity contribution in [2.45, 2.75) is 38.3 Å². The third-order valence-electron chi connectivity index (χ3n) is 4.21. The van der Waals surface area contributed by atoms with E-state index in [9.17, 15) is 13.2 Å². The Balaban J connectivity index is 1.92. The number of piperidine rings is 1. The van der Waals surface area contributed by atoms with Gasteiger partial charge in [-0.05, 0) is 32.7 Å². The van der Waals surface area contributed by atoms with Crippen molar-refractivity contribution in [3.63, 3.8) is 0 Å². The van der Waals surface area contributed by atoms with Gasteiger partial charge < -0.3 is 10.6 Å². The van der Waals surface area contributed by atoms with Gasteiger partial charge in [-0.3, -0.25) is 9.69 Å². The molecule has 2 atom stereocenters. The van der Waals surface area contributed by atoms with Crippen molar-refractivity contribution in [3.8, 4) is 0 Å². The Morgan fingerprint density at radius 1 is 1.40 bits per heavy atom. The molecule has 1 amide bonds. The van der Waals surface area contributed by atoms with Crippen LogP contribution in [-0.4, -0.2) is 73.9 Å². The summed E-state index contributed by atoms with van der Waals surface area (Å²) in [6.07, 6.45) is 2.61.